The number of hydrogen-bond acceptors (Lipinski definition) is 1. The summed E-state index contributed by atoms with van der Waals surface area (Å²) < 4.78 is 0. The van der Waals surface area contributed by atoms with Crippen LogP contribution in [-0.2, 0) is 0 Å². The average Bonchev–Trinajstić information content (AvgIpc) is 2.79. The van der Waals surface area contributed by atoms with Crippen LogP contribution in [0.2, 0.25) is 0 Å². The normalized spacial score (nSPS) is 24.1. The highest BCUT2D eigenvalue weighted by Gasteiger charge is 2.23. The predicted octanol–water partition coefficient (Wildman–Crippen LogP) is 6.54. The first-order valence-corrected chi connectivity index (χ1v) is 10.9. The molecule has 2 N–H and O–H groups in total. The summed E-state index contributed by atoms with van der Waals surface area (Å²) in [6, 6.07) is 0.0953. The Balaban J connectivity index is 1.81. The summed E-state index contributed by atoms with van der Waals surface area (Å²) in [4.78, 5) is 5.05. The molecule has 0 saturated carbocycles. The Hall–Kier alpha value is -2.61. The van der Waals surface area contributed by atoms with Gasteiger partial charge in [-0.15, -0.1) is 0 Å². The van der Waals surface area contributed by atoms with Crippen LogP contribution in [0.4, 0.5) is 0 Å². The van der Waals surface area contributed by atoms with Crippen LogP contribution >= 0.6 is 0 Å². The van der Waals surface area contributed by atoms with Gasteiger partial charge in [0.25, 0.3) is 0 Å². The van der Waals surface area contributed by atoms with Crippen LogP contribution in [0.25, 0.3) is 0 Å². The zero-order valence-corrected chi connectivity index (χ0v) is 17.6. The number of nitrogens with two attached hydrogens (primary N) is 1. The summed E-state index contributed by atoms with van der Waals surface area (Å²) in [5.41, 5.74) is 10.5. The van der Waals surface area contributed by atoms with Crippen molar-refractivity contribution in [1.82, 2.24) is 0 Å². The highest BCUT2D eigenvalue weighted by atomic mass is 14.9. The Morgan fingerprint density at radius 1 is 1.24 bits per heavy atom. The minimum atomic E-state index is 0.0953. The van der Waals surface area contributed by atoms with Crippen molar-refractivity contribution in [2.45, 2.75) is 51.5 Å². The van der Waals surface area contributed by atoms with E-state index in [0.29, 0.717) is 17.7 Å². The van der Waals surface area contributed by atoms with Gasteiger partial charge in [-0.3, -0.25) is 4.99 Å². The fraction of sp³-hybridized carbons (Fsp3) is 0.370. The number of aliphatic imine (C=N–C) groups is 1. The molecule has 3 atom stereocenters. The van der Waals surface area contributed by atoms with E-state index in [2.05, 4.69) is 74.3 Å². The zero-order chi connectivity index (χ0) is 20.5. The van der Waals surface area contributed by atoms with E-state index in [0.717, 1.165) is 44.1 Å². The highest BCUT2D eigenvalue weighted by Crippen LogP contribution is 2.30. The van der Waals surface area contributed by atoms with Gasteiger partial charge in [-0.2, -0.15) is 0 Å². The van der Waals surface area contributed by atoms with Crippen molar-refractivity contribution in [2.75, 3.05) is 0 Å². The molecular weight excluding hydrogens is 352 g/mol. The predicted molar refractivity (Wildman–Crippen MR) is 127 cm³/mol. The lowest BCUT2D eigenvalue weighted by Gasteiger charge is -2.26. The third kappa shape index (κ3) is 5.69. The van der Waals surface area contributed by atoms with E-state index >= 15 is 0 Å². The lowest BCUT2D eigenvalue weighted by atomic mass is 9.85. The summed E-state index contributed by atoms with van der Waals surface area (Å²) in [7, 11) is 0. The van der Waals surface area contributed by atoms with E-state index in [1.807, 2.05) is 12.2 Å². The summed E-state index contributed by atoms with van der Waals surface area (Å²) in [5, 5.41) is 0. The number of hydrogen-bond donors (Lipinski definition) is 1. The van der Waals surface area contributed by atoms with Crippen molar-refractivity contribution in [3.63, 3.8) is 0 Å². The van der Waals surface area contributed by atoms with Crippen molar-refractivity contribution in [1.29, 1.82) is 0 Å². The zero-order valence-electron chi connectivity index (χ0n) is 17.6. The number of amidine groups is 1. The summed E-state index contributed by atoms with van der Waals surface area (Å²) >= 11 is 0. The lowest BCUT2D eigenvalue weighted by Crippen LogP contribution is -2.26. The number of allylic oxidation sites excluding steroid dienone is 11. The topological polar surface area (TPSA) is 38.4 Å². The molecule has 3 aliphatic rings. The third-order valence-corrected chi connectivity index (χ3v) is 5.97. The van der Waals surface area contributed by atoms with Gasteiger partial charge in [0, 0.05) is 5.92 Å². The third-order valence-electron chi connectivity index (χ3n) is 5.97. The summed E-state index contributed by atoms with van der Waals surface area (Å²) in [5.74, 6) is 1.55. The van der Waals surface area contributed by atoms with Crippen molar-refractivity contribution in [2.24, 2.45) is 22.6 Å². The molecule has 0 aliphatic heterocycles. The maximum Gasteiger partial charge on any atom is 0.122 e. The molecule has 0 heterocycles. The van der Waals surface area contributed by atoms with Gasteiger partial charge in [0.1, 0.15) is 5.84 Å². The molecule has 0 saturated heterocycles. The number of nitrogens with zero attached hydrogens (tertiary/aromatic N) is 1. The quantitative estimate of drug-likeness (QED) is 0.287. The Morgan fingerprint density at radius 2 is 2.14 bits per heavy atom. The number of rotatable bonds is 8. The van der Waals surface area contributed by atoms with Crippen LogP contribution in [0, 0.1) is 11.8 Å². The summed E-state index contributed by atoms with van der Waals surface area (Å²) in [6.07, 6.45) is 32.5. The van der Waals surface area contributed by atoms with Crippen LogP contribution in [0.5, 0.6) is 0 Å². The first kappa shape index (κ1) is 21.1. The van der Waals surface area contributed by atoms with Gasteiger partial charge in [-0.1, -0.05) is 92.0 Å². The van der Waals surface area contributed by atoms with Crippen LogP contribution in [0.3, 0.4) is 0 Å². The first-order chi connectivity index (χ1) is 14.2. The van der Waals surface area contributed by atoms with Crippen LogP contribution < -0.4 is 5.73 Å². The molecule has 3 unspecified atom stereocenters. The molecule has 0 aromatic heterocycles. The van der Waals surface area contributed by atoms with E-state index in [-0.39, 0.29) is 6.04 Å². The van der Waals surface area contributed by atoms with Crippen molar-refractivity contribution >= 4 is 5.84 Å². The summed E-state index contributed by atoms with van der Waals surface area (Å²) in [6.45, 7) is 6.02. The Labute approximate surface area is 176 Å². The average molecular weight is 387 g/mol. The van der Waals surface area contributed by atoms with Crippen molar-refractivity contribution in [3.8, 4) is 0 Å². The van der Waals surface area contributed by atoms with Gasteiger partial charge in [-0.05, 0) is 55.6 Å². The van der Waals surface area contributed by atoms with E-state index < -0.39 is 0 Å². The molecule has 0 amide bonds. The first-order valence-electron chi connectivity index (χ1n) is 10.9. The van der Waals surface area contributed by atoms with Gasteiger partial charge in [0.05, 0.1) is 6.04 Å². The second-order valence-electron chi connectivity index (χ2n) is 7.92. The minimum absolute atomic E-state index is 0.0953. The monoisotopic (exact) mass is 386 g/mol. The van der Waals surface area contributed by atoms with Gasteiger partial charge in [0.2, 0.25) is 0 Å². The van der Waals surface area contributed by atoms with Crippen LogP contribution in [0.15, 0.2) is 101 Å². The molecule has 152 valence electrons. The molecule has 0 radical (unpaired) electrons. The Bertz CT molecular complexity index is 827. The molecule has 0 spiro atoms. The second-order valence-corrected chi connectivity index (χ2v) is 7.92. The molecular formula is C27H34N2. The fourth-order valence-electron chi connectivity index (χ4n) is 4.25. The molecule has 3 aliphatic carbocycles. The Kier molecular flexibility index (Phi) is 7.86. The second kappa shape index (κ2) is 10.8. The highest BCUT2D eigenvalue weighted by molar-refractivity contribution is 5.97. The molecule has 0 fully saturated rings. The van der Waals surface area contributed by atoms with Gasteiger partial charge in [0.15, 0.2) is 0 Å². The molecule has 0 aromatic rings. The maximum absolute atomic E-state index is 6.53. The fourth-order valence-corrected chi connectivity index (χ4v) is 4.25. The van der Waals surface area contributed by atoms with E-state index in [1.165, 1.54) is 11.1 Å². The van der Waals surface area contributed by atoms with Crippen LogP contribution in [0.1, 0.15) is 45.4 Å². The lowest BCUT2D eigenvalue weighted by molar-refractivity contribution is 0.563. The SMILES string of the molecule is C=C/C=C\C(CC)C1=CC=C(C(N)=NC(C2=CCCC=C2)C2C=CC=CC2)CC1. The van der Waals surface area contributed by atoms with Crippen molar-refractivity contribution in [3.05, 3.63) is 96.2 Å². The van der Waals surface area contributed by atoms with E-state index in [9.17, 15) is 0 Å². The smallest absolute Gasteiger partial charge is 0.122 e. The van der Waals surface area contributed by atoms with E-state index in [1.54, 1.807) is 0 Å². The largest absolute Gasteiger partial charge is 0.384 e. The van der Waals surface area contributed by atoms with Gasteiger partial charge < -0.3 is 5.73 Å². The van der Waals surface area contributed by atoms with E-state index in [4.69, 9.17) is 10.7 Å². The molecule has 2 heteroatoms. The van der Waals surface area contributed by atoms with Gasteiger partial charge in [-0.25, -0.2) is 0 Å². The molecule has 29 heavy (non-hydrogen) atoms. The van der Waals surface area contributed by atoms with Crippen LogP contribution in [-0.4, -0.2) is 11.9 Å². The molecule has 3 rings (SSSR count). The maximum atomic E-state index is 6.53. The minimum Gasteiger partial charge on any atom is -0.384 e. The van der Waals surface area contributed by atoms with Crippen molar-refractivity contribution < 1.29 is 0 Å². The molecule has 0 aromatic carbocycles. The van der Waals surface area contributed by atoms with Gasteiger partial charge >= 0.3 is 0 Å². The standard InChI is InChI=1S/C27H34N2/c1-3-5-12-21(4-2)22-17-19-25(20-18-22)27(28)29-26(23-13-8-6-9-14-23)24-15-10-7-11-16-24/h3,5-6,8-10,12-13,15-17,19,21,23,26H,1,4,7,11,14,18,20H2,2H3,(H2,28,29)/b12-5-. The molecule has 0 bridgehead atoms. The Morgan fingerprint density at radius 3 is 2.76 bits per heavy atom. The molecule has 2 nitrogen and oxygen atoms in total.